The van der Waals surface area contributed by atoms with Crippen molar-refractivity contribution < 1.29 is 9.53 Å². The molecular weight excluding hydrogens is 234 g/mol. The molecule has 0 radical (unpaired) electrons. The number of esters is 1. The summed E-state index contributed by atoms with van der Waals surface area (Å²) in [4.78, 5) is 12.8. The van der Waals surface area contributed by atoms with Crippen LogP contribution in [0.4, 0.5) is 5.69 Å². The number of nitrogen functional groups attached to an aromatic ring is 1. The Kier molecular flexibility index (Phi) is 3.77. The molecule has 0 aliphatic rings. The lowest BCUT2D eigenvalue weighted by Gasteiger charge is -2.04. The second-order valence-corrected chi connectivity index (χ2v) is 4.62. The van der Waals surface area contributed by atoms with E-state index in [9.17, 15) is 4.79 Å². The van der Waals surface area contributed by atoms with Crippen LogP contribution in [-0.2, 0) is 11.2 Å². The van der Waals surface area contributed by atoms with Gasteiger partial charge in [0.1, 0.15) is 0 Å². The van der Waals surface area contributed by atoms with E-state index in [1.807, 2.05) is 17.5 Å². The number of anilines is 1. The van der Waals surface area contributed by atoms with Gasteiger partial charge in [-0.05, 0) is 35.7 Å². The van der Waals surface area contributed by atoms with Crippen LogP contribution in [0.5, 0.6) is 0 Å². The summed E-state index contributed by atoms with van der Waals surface area (Å²) in [5.74, 6) is -0.304. The summed E-state index contributed by atoms with van der Waals surface area (Å²) >= 11 is 1.66. The van der Waals surface area contributed by atoms with Gasteiger partial charge in [-0.25, -0.2) is 4.79 Å². The molecule has 0 atom stereocenters. The minimum atomic E-state index is -0.304. The molecule has 17 heavy (non-hydrogen) atoms. The van der Waals surface area contributed by atoms with Gasteiger partial charge >= 0.3 is 5.97 Å². The molecule has 2 aromatic rings. The van der Waals surface area contributed by atoms with Gasteiger partial charge in [0.05, 0.1) is 12.2 Å². The van der Waals surface area contributed by atoms with Gasteiger partial charge in [0.25, 0.3) is 0 Å². The largest absolute Gasteiger partial charge is 0.462 e. The highest BCUT2D eigenvalue weighted by Crippen LogP contribution is 2.10. The minimum absolute atomic E-state index is 0.304. The fraction of sp³-hybridized carbons (Fsp3) is 0.154. The number of nitrogens with two attached hydrogens (primary N) is 1. The van der Waals surface area contributed by atoms with Crippen LogP contribution >= 0.6 is 11.3 Å². The van der Waals surface area contributed by atoms with Crippen molar-refractivity contribution in [2.45, 2.75) is 6.42 Å². The first kappa shape index (κ1) is 11.7. The first-order chi connectivity index (χ1) is 8.25. The number of thiophene rings is 1. The smallest absolute Gasteiger partial charge is 0.338 e. The molecule has 0 aliphatic carbocycles. The first-order valence-corrected chi connectivity index (χ1v) is 6.19. The minimum Gasteiger partial charge on any atom is -0.462 e. The van der Waals surface area contributed by atoms with Crippen molar-refractivity contribution in [2.24, 2.45) is 0 Å². The van der Waals surface area contributed by atoms with Crippen molar-refractivity contribution in [1.29, 1.82) is 0 Å². The van der Waals surface area contributed by atoms with Gasteiger partial charge in [0, 0.05) is 17.0 Å². The highest BCUT2D eigenvalue weighted by molar-refractivity contribution is 7.09. The number of carbonyl (C=O) groups excluding carboxylic acids is 1. The molecule has 0 unspecified atom stereocenters. The lowest BCUT2D eigenvalue weighted by Crippen LogP contribution is -2.07. The molecule has 0 saturated heterocycles. The second kappa shape index (κ2) is 5.50. The highest BCUT2D eigenvalue weighted by atomic mass is 32.1. The van der Waals surface area contributed by atoms with E-state index in [1.54, 1.807) is 35.6 Å². The van der Waals surface area contributed by atoms with E-state index in [2.05, 4.69) is 0 Å². The predicted molar refractivity (Wildman–Crippen MR) is 69.2 cm³/mol. The van der Waals surface area contributed by atoms with Gasteiger partial charge in [0.15, 0.2) is 0 Å². The van der Waals surface area contributed by atoms with E-state index in [4.69, 9.17) is 10.5 Å². The molecule has 0 amide bonds. The van der Waals surface area contributed by atoms with Crippen LogP contribution in [0, 0.1) is 0 Å². The topological polar surface area (TPSA) is 52.3 Å². The molecule has 3 nitrogen and oxygen atoms in total. The van der Waals surface area contributed by atoms with Crippen molar-refractivity contribution in [3.63, 3.8) is 0 Å². The van der Waals surface area contributed by atoms with E-state index in [0.29, 0.717) is 17.9 Å². The Bertz CT molecular complexity index is 477. The Morgan fingerprint density at radius 2 is 2.00 bits per heavy atom. The third kappa shape index (κ3) is 3.32. The van der Waals surface area contributed by atoms with Crippen LogP contribution in [-0.4, -0.2) is 12.6 Å². The predicted octanol–water partition coefficient (Wildman–Crippen LogP) is 2.73. The molecule has 1 aromatic carbocycles. The highest BCUT2D eigenvalue weighted by Gasteiger charge is 2.06. The van der Waals surface area contributed by atoms with Gasteiger partial charge in [-0.15, -0.1) is 11.3 Å². The molecule has 0 spiro atoms. The molecule has 1 aromatic heterocycles. The zero-order valence-corrected chi connectivity index (χ0v) is 10.1. The van der Waals surface area contributed by atoms with Gasteiger partial charge < -0.3 is 10.5 Å². The molecule has 4 heteroatoms. The Balaban J connectivity index is 1.83. The number of carbonyl (C=O) groups is 1. The van der Waals surface area contributed by atoms with Crippen molar-refractivity contribution >= 4 is 23.0 Å². The van der Waals surface area contributed by atoms with Crippen LogP contribution in [0.3, 0.4) is 0 Å². The molecule has 1 heterocycles. The average Bonchev–Trinajstić information content (AvgIpc) is 2.83. The van der Waals surface area contributed by atoms with Crippen LogP contribution in [0.25, 0.3) is 0 Å². The van der Waals surface area contributed by atoms with E-state index in [1.165, 1.54) is 4.88 Å². The summed E-state index contributed by atoms with van der Waals surface area (Å²) in [5.41, 5.74) is 6.71. The maximum absolute atomic E-state index is 11.6. The van der Waals surface area contributed by atoms with E-state index >= 15 is 0 Å². The molecule has 0 aliphatic heterocycles. The van der Waals surface area contributed by atoms with Gasteiger partial charge in [0.2, 0.25) is 0 Å². The number of rotatable bonds is 4. The standard InChI is InChI=1S/C13H13NO2S/c14-11-5-3-10(4-6-11)13(15)16-8-7-12-2-1-9-17-12/h1-6,9H,7-8,14H2. The maximum Gasteiger partial charge on any atom is 0.338 e. The second-order valence-electron chi connectivity index (χ2n) is 3.59. The van der Waals surface area contributed by atoms with Crippen molar-refractivity contribution in [3.8, 4) is 0 Å². The Morgan fingerprint density at radius 1 is 1.24 bits per heavy atom. The zero-order valence-electron chi connectivity index (χ0n) is 9.26. The molecule has 0 bridgehead atoms. The lowest BCUT2D eigenvalue weighted by molar-refractivity contribution is 0.0510. The van der Waals surface area contributed by atoms with Gasteiger partial charge in [-0.2, -0.15) is 0 Å². The normalized spacial score (nSPS) is 10.1. The Hall–Kier alpha value is -1.81. The Labute approximate surface area is 104 Å². The molecule has 0 saturated carbocycles. The van der Waals surface area contributed by atoms with E-state index in [-0.39, 0.29) is 5.97 Å². The number of benzene rings is 1. The van der Waals surface area contributed by atoms with Crippen LogP contribution in [0.2, 0.25) is 0 Å². The summed E-state index contributed by atoms with van der Waals surface area (Å²) in [6, 6.07) is 10.7. The lowest BCUT2D eigenvalue weighted by atomic mass is 10.2. The van der Waals surface area contributed by atoms with E-state index < -0.39 is 0 Å². The number of hydrogen-bond donors (Lipinski definition) is 1. The monoisotopic (exact) mass is 247 g/mol. The average molecular weight is 247 g/mol. The third-order valence-corrected chi connectivity index (χ3v) is 3.24. The van der Waals surface area contributed by atoms with Crippen molar-refractivity contribution in [2.75, 3.05) is 12.3 Å². The summed E-state index contributed by atoms with van der Waals surface area (Å²) in [6.45, 7) is 0.406. The Morgan fingerprint density at radius 3 is 2.65 bits per heavy atom. The van der Waals surface area contributed by atoms with Crippen LogP contribution < -0.4 is 5.73 Å². The number of ether oxygens (including phenoxy) is 1. The molecule has 0 fully saturated rings. The summed E-state index contributed by atoms with van der Waals surface area (Å²) in [5, 5.41) is 2.01. The van der Waals surface area contributed by atoms with Crippen LogP contribution in [0.15, 0.2) is 41.8 Å². The number of hydrogen-bond acceptors (Lipinski definition) is 4. The SMILES string of the molecule is Nc1ccc(C(=O)OCCc2cccs2)cc1. The maximum atomic E-state index is 11.6. The van der Waals surface area contributed by atoms with Crippen molar-refractivity contribution in [3.05, 3.63) is 52.2 Å². The zero-order chi connectivity index (χ0) is 12.1. The third-order valence-electron chi connectivity index (χ3n) is 2.31. The molecule has 2 N–H and O–H groups in total. The van der Waals surface area contributed by atoms with Gasteiger partial charge in [-0.3, -0.25) is 0 Å². The summed E-state index contributed by atoms with van der Waals surface area (Å²) in [7, 11) is 0. The first-order valence-electron chi connectivity index (χ1n) is 5.31. The van der Waals surface area contributed by atoms with Gasteiger partial charge in [-0.1, -0.05) is 6.07 Å². The molecular formula is C13H13NO2S. The quantitative estimate of drug-likeness (QED) is 0.667. The van der Waals surface area contributed by atoms with Crippen LogP contribution in [0.1, 0.15) is 15.2 Å². The van der Waals surface area contributed by atoms with Crippen molar-refractivity contribution in [1.82, 2.24) is 0 Å². The summed E-state index contributed by atoms with van der Waals surface area (Å²) < 4.78 is 5.17. The molecule has 2 rings (SSSR count). The van der Waals surface area contributed by atoms with E-state index in [0.717, 1.165) is 6.42 Å². The fourth-order valence-electron chi connectivity index (χ4n) is 1.40. The summed E-state index contributed by atoms with van der Waals surface area (Å²) in [6.07, 6.45) is 0.762. The fourth-order valence-corrected chi connectivity index (χ4v) is 2.09. The molecule has 88 valence electrons.